The molecule has 34 heavy (non-hydrogen) atoms. The minimum Gasteiger partial charge on any atom is -0.508 e. The van der Waals surface area contributed by atoms with E-state index in [1.807, 2.05) is 12.1 Å². The summed E-state index contributed by atoms with van der Waals surface area (Å²) in [6.07, 6.45) is 8.96. The number of benzene rings is 1. The number of Topliss-reactive ketones (excluding diaryl/α,β-unsaturated/α-hetero) is 1. The predicted octanol–water partition coefficient (Wildman–Crippen LogP) is 5.56. The highest BCUT2D eigenvalue weighted by Crippen LogP contribution is 2.62. The van der Waals surface area contributed by atoms with E-state index in [4.69, 9.17) is 0 Å². The summed E-state index contributed by atoms with van der Waals surface area (Å²) in [5.74, 6) is -0.240. The predicted molar refractivity (Wildman–Crippen MR) is 133 cm³/mol. The van der Waals surface area contributed by atoms with Crippen LogP contribution in [0.5, 0.6) is 5.75 Å². The Bertz CT molecular complexity index is 1080. The summed E-state index contributed by atoms with van der Waals surface area (Å²) in [7, 11) is 0. The first kappa shape index (κ1) is 24.3. The van der Waals surface area contributed by atoms with Gasteiger partial charge in [0.15, 0.2) is 0 Å². The van der Waals surface area contributed by atoms with Crippen molar-refractivity contribution in [2.75, 3.05) is 6.54 Å². The third-order valence-electron chi connectivity index (χ3n) is 9.13. The largest absolute Gasteiger partial charge is 0.508 e. The van der Waals surface area contributed by atoms with Crippen molar-refractivity contribution in [3.8, 4) is 5.75 Å². The number of aromatic hydroxyl groups is 1. The Kier molecular flexibility index (Phi) is 6.50. The quantitative estimate of drug-likeness (QED) is 0.292. The number of ketones is 2. The molecule has 1 fully saturated rings. The van der Waals surface area contributed by atoms with Crippen LogP contribution in [-0.2, 0) is 16.0 Å². The average molecular weight is 464 g/mol. The van der Waals surface area contributed by atoms with Crippen molar-refractivity contribution in [3.05, 3.63) is 64.6 Å². The van der Waals surface area contributed by atoms with Gasteiger partial charge < -0.3 is 15.5 Å². The molecule has 0 aromatic heterocycles. The van der Waals surface area contributed by atoms with Crippen molar-refractivity contribution in [1.29, 1.82) is 0 Å². The highest BCUT2D eigenvalue weighted by Gasteiger charge is 2.54. The lowest BCUT2D eigenvalue weighted by atomic mass is 9.46. The first-order valence-electron chi connectivity index (χ1n) is 12.5. The molecular formula is C29H37NO4. The summed E-state index contributed by atoms with van der Waals surface area (Å²) in [5, 5.41) is 23.7. The number of aliphatic hydroxyl groups is 1. The summed E-state index contributed by atoms with van der Waals surface area (Å²) in [4.78, 5) is 25.6. The molecule has 0 aliphatic heterocycles. The zero-order valence-electron chi connectivity index (χ0n) is 20.8. The Morgan fingerprint density at radius 2 is 1.79 bits per heavy atom. The van der Waals surface area contributed by atoms with Crippen LogP contribution < -0.4 is 5.32 Å². The fourth-order valence-electron chi connectivity index (χ4n) is 6.58. The Balaban J connectivity index is 1.57. The summed E-state index contributed by atoms with van der Waals surface area (Å²) >= 11 is 0. The van der Waals surface area contributed by atoms with Crippen LogP contribution in [0.4, 0.5) is 0 Å². The molecule has 0 amide bonds. The second-order valence-electron chi connectivity index (χ2n) is 11.0. The normalized spacial score (nSPS) is 31.6. The van der Waals surface area contributed by atoms with Gasteiger partial charge in [-0.1, -0.05) is 44.6 Å². The molecule has 5 nitrogen and oxygen atoms in total. The molecule has 1 aromatic rings. The number of carbonyl (C=O) groups is 2. The summed E-state index contributed by atoms with van der Waals surface area (Å²) in [5.41, 5.74) is 2.95. The topological polar surface area (TPSA) is 86.6 Å². The summed E-state index contributed by atoms with van der Waals surface area (Å²) < 4.78 is 0. The van der Waals surface area contributed by atoms with E-state index < -0.39 is 11.6 Å². The zero-order chi connectivity index (χ0) is 24.7. The van der Waals surface area contributed by atoms with Gasteiger partial charge >= 0.3 is 0 Å². The first-order chi connectivity index (χ1) is 16.1. The SMILES string of the molecule is CC1=CCCC2C1(C)CCC(C)C2(C)CC1=C(O)C(NCCc2ccc(O)cc2)=CC(=O)C1=O. The fourth-order valence-corrected chi connectivity index (χ4v) is 6.58. The highest BCUT2D eigenvalue weighted by molar-refractivity contribution is 6.48. The van der Waals surface area contributed by atoms with E-state index in [0.717, 1.165) is 31.2 Å². The standard InChI is InChI=1S/C29H37NO4/c1-18-6-5-7-25-28(18,3)14-12-19(2)29(25,4)17-22-26(33)23(16-24(32)27(22)34)30-15-13-20-8-10-21(31)11-9-20/h6,8-11,16,19,25,30-31,33H,5,7,12-15,17H2,1-4H3. The van der Waals surface area contributed by atoms with E-state index in [2.05, 4.69) is 39.1 Å². The Labute approximate surface area is 202 Å². The number of hydrogen-bond acceptors (Lipinski definition) is 5. The van der Waals surface area contributed by atoms with Crippen molar-refractivity contribution in [2.24, 2.45) is 22.7 Å². The van der Waals surface area contributed by atoms with Gasteiger partial charge in [0.1, 0.15) is 11.5 Å². The van der Waals surface area contributed by atoms with E-state index in [-0.39, 0.29) is 27.9 Å². The van der Waals surface area contributed by atoms with Crippen molar-refractivity contribution in [2.45, 2.75) is 66.2 Å². The van der Waals surface area contributed by atoms with E-state index in [9.17, 15) is 19.8 Å². The fraction of sp³-hybridized carbons (Fsp3) is 0.517. The summed E-state index contributed by atoms with van der Waals surface area (Å²) in [6.45, 7) is 9.59. The molecule has 0 radical (unpaired) electrons. The van der Waals surface area contributed by atoms with Crippen LogP contribution in [0.25, 0.3) is 0 Å². The van der Waals surface area contributed by atoms with Crippen molar-refractivity contribution < 1.29 is 19.8 Å². The molecule has 4 unspecified atom stereocenters. The van der Waals surface area contributed by atoms with E-state index in [0.29, 0.717) is 36.9 Å². The van der Waals surface area contributed by atoms with Crippen molar-refractivity contribution in [3.63, 3.8) is 0 Å². The van der Waals surface area contributed by atoms with Gasteiger partial charge in [0, 0.05) is 18.2 Å². The molecule has 1 aromatic carbocycles. The number of phenols is 1. The van der Waals surface area contributed by atoms with Gasteiger partial charge in [0.05, 0.1) is 5.70 Å². The maximum atomic E-state index is 13.0. The molecule has 0 heterocycles. The van der Waals surface area contributed by atoms with Crippen LogP contribution in [0.1, 0.15) is 65.4 Å². The van der Waals surface area contributed by atoms with Gasteiger partial charge in [-0.3, -0.25) is 9.59 Å². The monoisotopic (exact) mass is 463 g/mol. The number of carbonyl (C=O) groups excluding carboxylic acids is 2. The maximum absolute atomic E-state index is 13.0. The molecule has 4 rings (SSSR count). The average Bonchev–Trinajstić information content (AvgIpc) is 2.80. The molecule has 0 saturated heterocycles. The Morgan fingerprint density at radius 1 is 1.09 bits per heavy atom. The minimum atomic E-state index is -0.578. The van der Waals surface area contributed by atoms with Crippen LogP contribution in [0, 0.1) is 22.7 Å². The molecule has 3 N–H and O–H groups in total. The Hall–Kier alpha value is -2.82. The molecule has 182 valence electrons. The second-order valence-corrected chi connectivity index (χ2v) is 11.0. The number of fused-ring (bicyclic) bond motifs is 1. The molecule has 3 aliphatic carbocycles. The van der Waals surface area contributed by atoms with Gasteiger partial charge in [0.2, 0.25) is 11.6 Å². The van der Waals surface area contributed by atoms with Crippen molar-refractivity contribution in [1.82, 2.24) is 5.32 Å². The number of phenolic OH excluding ortho intramolecular Hbond substituents is 1. The molecule has 4 atom stereocenters. The van der Waals surface area contributed by atoms with Gasteiger partial charge in [-0.25, -0.2) is 0 Å². The molecular weight excluding hydrogens is 426 g/mol. The highest BCUT2D eigenvalue weighted by atomic mass is 16.3. The van der Waals surface area contributed by atoms with Crippen LogP contribution in [-0.4, -0.2) is 28.3 Å². The number of rotatable bonds is 6. The van der Waals surface area contributed by atoms with E-state index in [1.165, 1.54) is 11.6 Å². The number of hydrogen-bond donors (Lipinski definition) is 3. The van der Waals surface area contributed by atoms with Gasteiger partial charge in [-0.15, -0.1) is 0 Å². The molecule has 0 spiro atoms. The lowest BCUT2D eigenvalue weighted by molar-refractivity contribution is -0.132. The van der Waals surface area contributed by atoms with Crippen LogP contribution in [0.15, 0.2) is 59.0 Å². The van der Waals surface area contributed by atoms with Crippen molar-refractivity contribution >= 4 is 11.6 Å². The molecule has 3 aliphatic rings. The number of aliphatic hydroxyl groups excluding tert-OH is 1. The third kappa shape index (κ3) is 4.21. The summed E-state index contributed by atoms with van der Waals surface area (Å²) in [6, 6.07) is 6.94. The second kappa shape index (κ2) is 9.09. The third-order valence-corrected chi connectivity index (χ3v) is 9.13. The van der Waals surface area contributed by atoms with Gasteiger partial charge in [-0.05, 0) is 85.8 Å². The van der Waals surface area contributed by atoms with E-state index >= 15 is 0 Å². The molecule has 0 bridgehead atoms. The Morgan fingerprint density at radius 3 is 2.50 bits per heavy atom. The number of nitrogens with one attached hydrogen (secondary N) is 1. The minimum absolute atomic E-state index is 0.0842. The smallest absolute Gasteiger partial charge is 0.232 e. The van der Waals surface area contributed by atoms with Gasteiger partial charge in [0.25, 0.3) is 0 Å². The zero-order valence-corrected chi connectivity index (χ0v) is 20.8. The maximum Gasteiger partial charge on any atom is 0.232 e. The lowest BCUT2D eigenvalue weighted by Crippen LogP contribution is -2.50. The lowest BCUT2D eigenvalue weighted by Gasteiger charge is -2.58. The van der Waals surface area contributed by atoms with Crippen LogP contribution >= 0.6 is 0 Å². The molecule has 5 heteroatoms. The first-order valence-corrected chi connectivity index (χ1v) is 12.5. The van der Waals surface area contributed by atoms with Gasteiger partial charge in [-0.2, -0.15) is 0 Å². The van der Waals surface area contributed by atoms with Crippen LogP contribution in [0.3, 0.4) is 0 Å². The number of allylic oxidation sites excluding steroid dienone is 4. The molecule has 1 saturated carbocycles. The van der Waals surface area contributed by atoms with Crippen LogP contribution in [0.2, 0.25) is 0 Å². The van der Waals surface area contributed by atoms with E-state index in [1.54, 1.807) is 12.1 Å².